The molecule has 0 saturated carbocycles. The lowest BCUT2D eigenvalue weighted by Crippen LogP contribution is -2.41. The van der Waals surface area contributed by atoms with Crippen molar-refractivity contribution in [2.24, 2.45) is 0 Å². The molecule has 0 aliphatic rings. The van der Waals surface area contributed by atoms with Crippen LogP contribution in [0.5, 0.6) is 0 Å². The molecule has 122 valence electrons. The number of carbonyl (C=O) groups excluding carboxylic acids is 2. The number of hydrogen-bond acceptors (Lipinski definition) is 3. The summed E-state index contributed by atoms with van der Waals surface area (Å²) in [5.41, 5.74) is -2.16. The minimum atomic E-state index is -5.35. The quantitative estimate of drug-likeness (QED) is 0.487. The first-order chi connectivity index (χ1) is 9.81. The van der Waals surface area contributed by atoms with Gasteiger partial charge in [0.2, 0.25) is 0 Å². The van der Waals surface area contributed by atoms with Crippen LogP contribution in [0.3, 0.4) is 0 Å². The van der Waals surface area contributed by atoms with Crippen LogP contribution in [0.25, 0.3) is 0 Å². The molecule has 0 bridgehead atoms. The predicted octanol–water partition coefficient (Wildman–Crippen LogP) is 3.43. The molecular weight excluding hydrogens is 296 g/mol. The van der Waals surface area contributed by atoms with Gasteiger partial charge in [-0.1, -0.05) is 11.1 Å². The van der Waals surface area contributed by atoms with E-state index in [0.29, 0.717) is 6.29 Å². The Balaban J connectivity index is 3.72. The van der Waals surface area contributed by atoms with Crippen molar-refractivity contribution < 1.29 is 27.3 Å². The van der Waals surface area contributed by atoms with Gasteiger partial charge in [0.05, 0.1) is 5.56 Å². The van der Waals surface area contributed by atoms with Gasteiger partial charge in [-0.3, -0.25) is 4.79 Å². The van der Waals surface area contributed by atoms with Crippen LogP contribution in [-0.2, 0) is 4.74 Å². The highest BCUT2D eigenvalue weighted by atomic mass is 19.4. The molecule has 1 aromatic rings. The Labute approximate surface area is 127 Å². The Morgan fingerprint density at radius 2 is 1.55 bits per heavy atom. The molecule has 0 N–H and O–H groups in total. The number of aldehydes is 1. The van der Waals surface area contributed by atoms with Crippen LogP contribution in [-0.4, -0.2) is 24.8 Å². The fraction of sp³-hybridized carbons (Fsp3) is 0.467. The molecule has 1 aromatic carbocycles. The lowest BCUT2D eigenvalue weighted by molar-refractivity contribution is 0.00681. The van der Waals surface area contributed by atoms with E-state index in [0.717, 1.165) is 0 Å². The number of carbonyl (C=O) groups is 2. The van der Waals surface area contributed by atoms with Gasteiger partial charge < -0.3 is 17.7 Å². The Morgan fingerprint density at radius 1 is 1.05 bits per heavy atom. The van der Waals surface area contributed by atoms with Crippen molar-refractivity contribution in [2.45, 2.75) is 47.1 Å². The van der Waals surface area contributed by atoms with Crippen LogP contribution in [0.1, 0.15) is 58.2 Å². The van der Waals surface area contributed by atoms with Gasteiger partial charge in [-0.15, -0.1) is 5.46 Å². The SMILES string of the molecule is Cc1c(C=O)c(C)c([B-](F)(F)F)c(C)c1C(=O)OC(C)(C)C. The highest BCUT2D eigenvalue weighted by molar-refractivity contribution is 6.74. The molecule has 0 atom stereocenters. The third-order valence-electron chi connectivity index (χ3n) is 3.41. The van der Waals surface area contributed by atoms with Crippen molar-refractivity contribution in [1.29, 1.82) is 0 Å². The Morgan fingerprint density at radius 3 is 1.91 bits per heavy atom. The van der Waals surface area contributed by atoms with E-state index >= 15 is 0 Å². The van der Waals surface area contributed by atoms with E-state index < -0.39 is 24.0 Å². The van der Waals surface area contributed by atoms with Crippen LogP contribution in [0.2, 0.25) is 0 Å². The largest absolute Gasteiger partial charge is 0.510 e. The molecule has 7 heteroatoms. The minimum absolute atomic E-state index is 0.111. The van der Waals surface area contributed by atoms with E-state index in [1.165, 1.54) is 20.8 Å². The second kappa shape index (κ2) is 5.78. The van der Waals surface area contributed by atoms with Crippen molar-refractivity contribution in [2.75, 3.05) is 0 Å². The van der Waals surface area contributed by atoms with Gasteiger partial charge in [-0.2, -0.15) is 0 Å². The zero-order chi connectivity index (χ0) is 17.5. The maximum Gasteiger partial charge on any atom is 0.510 e. The van der Waals surface area contributed by atoms with Gasteiger partial charge >= 0.3 is 12.9 Å². The minimum Gasteiger partial charge on any atom is -0.456 e. The lowest BCUT2D eigenvalue weighted by atomic mass is 9.70. The standard InChI is InChI=1S/C15H19BF3O3/c1-8-11(7-20)9(2)13(16(17,18)19)10(3)12(8)14(21)22-15(4,5)6/h7H,1-6H3/q-1. The molecule has 0 unspecified atom stereocenters. The van der Waals surface area contributed by atoms with Crippen molar-refractivity contribution >= 4 is 24.7 Å². The Bertz CT molecular complexity index is 629. The molecule has 0 aromatic heterocycles. The average molecular weight is 315 g/mol. The fourth-order valence-electron chi connectivity index (χ4n) is 2.56. The molecule has 1 rings (SSSR count). The lowest BCUT2D eigenvalue weighted by Gasteiger charge is -2.27. The first-order valence-electron chi connectivity index (χ1n) is 6.83. The third-order valence-corrected chi connectivity index (χ3v) is 3.41. The molecular formula is C15H19BF3O3-. The predicted molar refractivity (Wildman–Crippen MR) is 79.9 cm³/mol. The van der Waals surface area contributed by atoms with E-state index in [1.54, 1.807) is 20.8 Å². The monoisotopic (exact) mass is 315 g/mol. The van der Waals surface area contributed by atoms with Crippen molar-refractivity contribution in [3.05, 3.63) is 27.8 Å². The summed E-state index contributed by atoms with van der Waals surface area (Å²) in [5, 5.41) is 0. The summed E-state index contributed by atoms with van der Waals surface area (Å²) >= 11 is 0. The van der Waals surface area contributed by atoms with Crippen molar-refractivity contribution in [3.63, 3.8) is 0 Å². The summed E-state index contributed by atoms with van der Waals surface area (Å²) in [7, 11) is 0. The summed E-state index contributed by atoms with van der Waals surface area (Å²) in [6.45, 7) is 3.46. The number of benzene rings is 1. The van der Waals surface area contributed by atoms with Crippen LogP contribution in [0.4, 0.5) is 12.9 Å². The van der Waals surface area contributed by atoms with Gasteiger partial charge in [0, 0.05) is 5.56 Å². The molecule has 0 aliphatic carbocycles. The van der Waals surface area contributed by atoms with E-state index in [2.05, 4.69) is 0 Å². The Kier molecular flexibility index (Phi) is 4.80. The van der Waals surface area contributed by atoms with E-state index in [1.807, 2.05) is 0 Å². The molecule has 0 radical (unpaired) electrons. The number of ether oxygens (including phenoxy) is 1. The van der Waals surface area contributed by atoms with Gasteiger partial charge in [-0.05, 0) is 47.1 Å². The maximum atomic E-state index is 13.3. The molecule has 3 nitrogen and oxygen atoms in total. The number of halogens is 3. The summed E-state index contributed by atoms with van der Waals surface area (Å²) in [6.07, 6.45) is 0.350. The van der Waals surface area contributed by atoms with Crippen LogP contribution in [0, 0.1) is 20.8 Å². The van der Waals surface area contributed by atoms with Gasteiger partial charge in [0.1, 0.15) is 11.9 Å². The molecule has 0 amide bonds. The summed E-state index contributed by atoms with van der Waals surface area (Å²) in [4.78, 5) is 23.4. The van der Waals surface area contributed by atoms with Crippen molar-refractivity contribution in [3.8, 4) is 0 Å². The molecule has 0 fully saturated rings. The summed E-state index contributed by atoms with van der Waals surface area (Å²) in [6, 6.07) is 0. The van der Waals surface area contributed by atoms with E-state index in [4.69, 9.17) is 4.74 Å². The highest BCUT2D eigenvalue weighted by Gasteiger charge is 2.34. The summed E-state index contributed by atoms with van der Waals surface area (Å²) < 4.78 is 45.2. The first-order valence-corrected chi connectivity index (χ1v) is 6.83. The van der Waals surface area contributed by atoms with Crippen LogP contribution >= 0.6 is 0 Å². The van der Waals surface area contributed by atoms with Crippen LogP contribution in [0.15, 0.2) is 0 Å². The zero-order valence-corrected chi connectivity index (χ0v) is 13.5. The maximum absolute atomic E-state index is 13.3. The van der Waals surface area contributed by atoms with Crippen LogP contribution < -0.4 is 5.46 Å². The topological polar surface area (TPSA) is 43.4 Å². The smallest absolute Gasteiger partial charge is 0.456 e. The molecule has 0 spiro atoms. The average Bonchev–Trinajstić information content (AvgIpc) is 2.24. The summed E-state index contributed by atoms with van der Waals surface area (Å²) in [5.74, 6) is -0.855. The Hall–Kier alpha value is -1.79. The first kappa shape index (κ1) is 18.3. The molecule has 0 aliphatic heterocycles. The van der Waals surface area contributed by atoms with E-state index in [9.17, 15) is 22.5 Å². The van der Waals surface area contributed by atoms with Gasteiger partial charge in [0.25, 0.3) is 0 Å². The van der Waals surface area contributed by atoms with Crippen molar-refractivity contribution in [1.82, 2.24) is 0 Å². The van der Waals surface area contributed by atoms with E-state index in [-0.39, 0.29) is 27.8 Å². The third kappa shape index (κ3) is 3.51. The number of rotatable bonds is 3. The molecule has 22 heavy (non-hydrogen) atoms. The van der Waals surface area contributed by atoms with Gasteiger partial charge in [0.15, 0.2) is 0 Å². The number of esters is 1. The zero-order valence-electron chi connectivity index (χ0n) is 13.5. The van der Waals surface area contributed by atoms with Gasteiger partial charge in [-0.25, -0.2) is 4.79 Å². The molecule has 0 saturated heterocycles. The fourth-order valence-corrected chi connectivity index (χ4v) is 2.56. The normalized spacial score (nSPS) is 12.2. The highest BCUT2D eigenvalue weighted by Crippen LogP contribution is 2.26. The number of hydrogen-bond donors (Lipinski definition) is 0. The molecule has 0 heterocycles. The second-order valence-electron chi connectivity index (χ2n) is 6.27. The second-order valence-corrected chi connectivity index (χ2v) is 6.27.